The fraction of sp³-hybridized carbons (Fsp3) is 0.375. The van der Waals surface area contributed by atoms with E-state index in [0.717, 1.165) is 25.3 Å². The summed E-state index contributed by atoms with van der Waals surface area (Å²) in [4.78, 5) is 5.00. The van der Waals surface area contributed by atoms with Crippen LogP contribution in [0.1, 0.15) is 27.8 Å². The van der Waals surface area contributed by atoms with Gasteiger partial charge in [0.05, 0.1) is 10.0 Å². The monoisotopic (exact) mass is 341 g/mol. The van der Waals surface area contributed by atoms with E-state index in [1.807, 2.05) is 17.4 Å². The van der Waals surface area contributed by atoms with Crippen LogP contribution in [-0.2, 0) is 6.54 Å². The van der Waals surface area contributed by atoms with Crippen LogP contribution in [-0.4, -0.2) is 18.5 Å². The van der Waals surface area contributed by atoms with Crippen LogP contribution in [0.5, 0.6) is 5.75 Å². The molecule has 2 heterocycles. The zero-order valence-corrected chi connectivity index (χ0v) is 14.4. The summed E-state index contributed by atoms with van der Waals surface area (Å²) >= 11 is 13.9. The largest absolute Gasteiger partial charge is 0.485 e. The molecule has 21 heavy (non-hydrogen) atoms. The Morgan fingerprint density at radius 2 is 2.05 bits per heavy atom. The van der Waals surface area contributed by atoms with Gasteiger partial charge in [-0.15, -0.1) is 11.3 Å². The number of benzene rings is 1. The molecule has 0 spiro atoms. The van der Waals surface area contributed by atoms with Gasteiger partial charge in [-0.1, -0.05) is 23.2 Å². The summed E-state index contributed by atoms with van der Waals surface area (Å²) in [5.74, 6) is 0.774. The number of rotatable bonds is 2. The number of ether oxygens (including phenoxy) is 1. The van der Waals surface area contributed by atoms with Gasteiger partial charge in [-0.3, -0.25) is 0 Å². The van der Waals surface area contributed by atoms with E-state index in [2.05, 4.69) is 24.9 Å². The van der Waals surface area contributed by atoms with Crippen LogP contribution < -0.4 is 4.74 Å². The highest BCUT2D eigenvalue weighted by molar-refractivity contribution is 7.12. The van der Waals surface area contributed by atoms with E-state index in [1.54, 1.807) is 12.1 Å². The van der Waals surface area contributed by atoms with E-state index in [9.17, 15) is 0 Å². The lowest BCUT2D eigenvalue weighted by Crippen LogP contribution is -2.18. The van der Waals surface area contributed by atoms with E-state index in [1.165, 1.54) is 15.3 Å². The molecule has 1 aromatic carbocycles. The molecule has 0 amide bonds. The quantitative estimate of drug-likeness (QED) is 0.732. The lowest BCUT2D eigenvalue weighted by Gasteiger charge is -2.18. The summed E-state index contributed by atoms with van der Waals surface area (Å²) < 4.78 is 6.20. The Balaban J connectivity index is 1.88. The zero-order valence-electron chi connectivity index (χ0n) is 12.0. The smallest absolute Gasteiger partial charge is 0.134 e. The summed E-state index contributed by atoms with van der Waals surface area (Å²) in [6.45, 7) is 4.16. The first-order valence-corrected chi connectivity index (χ1v) is 8.49. The van der Waals surface area contributed by atoms with Crippen molar-refractivity contribution >= 4 is 34.5 Å². The number of nitrogens with zero attached hydrogens (tertiary/aromatic N) is 1. The Morgan fingerprint density at radius 3 is 2.81 bits per heavy atom. The molecule has 3 rings (SSSR count). The maximum absolute atomic E-state index is 6.20. The van der Waals surface area contributed by atoms with Crippen LogP contribution in [0.4, 0.5) is 0 Å². The van der Waals surface area contributed by atoms with E-state index < -0.39 is 0 Å². The molecule has 1 aliphatic heterocycles. The number of hydrogen-bond donors (Lipinski definition) is 0. The number of fused-ring (bicyclic) bond motifs is 1. The Labute approximate surface area is 139 Å². The summed E-state index contributed by atoms with van der Waals surface area (Å²) in [5, 5.41) is 1.08. The van der Waals surface area contributed by atoms with Crippen molar-refractivity contribution in [2.45, 2.75) is 26.0 Å². The summed E-state index contributed by atoms with van der Waals surface area (Å²) in [6, 6.07) is 7.72. The number of aryl methyl sites for hydroxylation is 1. The lowest BCUT2D eigenvalue weighted by atomic mass is 10.1. The van der Waals surface area contributed by atoms with Crippen LogP contribution in [0.2, 0.25) is 10.0 Å². The standard InChI is InChI=1S/C16H17Cl2NOS/c1-10-7-11-9-19(2)6-5-15(16(11)21-10)20-12-3-4-13(17)14(18)8-12/h3-4,7-8,15H,5-6,9H2,1-2H3. The van der Waals surface area contributed by atoms with E-state index in [4.69, 9.17) is 27.9 Å². The fourth-order valence-corrected chi connectivity index (χ4v) is 4.03. The Hall–Kier alpha value is -0.740. The molecule has 1 atom stereocenters. The maximum atomic E-state index is 6.20. The van der Waals surface area contributed by atoms with Gasteiger partial charge in [-0.25, -0.2) is 0 Å². The van der Waals surface area contributed by atoms with Crippen LogP contribution in [0, 0.1) is 6.92 Å². The van der Waals surface area contributed by atoms with Crippen molar-refractivity contribution < 1.29 is 4.74 Å². The number of thiophene rings is 1. The molecule has 0 saturated carbocycles. The molecule has 2 aromatic rings. The van der Waals surface area contributed by atoms with Gasteiger partial charge >= 0.3 is 0 Å². The third-order valence-electron chi connectivity index (χ3n) is 3.64. The minimum atomic E-state index is 0.0842. The molecule has 2 nitrogen and oxygen atoms in total. The van der Waals surface area contributed by atoms with Crippen molar-refractivity contribution in [3.8, 4) is 5.75 Å². The van der Waals surface area contributed by atoms with Crippen molar-refractivity contribution in [1.29, 1.82) is 0 Å². The SMILES string of the molecule is Cc1cc2c(s1)C(Oc1ccc(Cl)c(Cl)c1)CCN(C)C2. The van der Waals surface area contributed by atoms with Crippen molar-refractivity contribution in [2.75, 3.05) is 13.6 Å². The van der Waals surface area contributed by atoms with Crippen LogP contribution >= 0.6 is 34.5 Å². The van der Waals surface area contributed by atoms with Gasteiger partial charge in [0.1, 0.15) is 11.9 Å². The molecule has 0 radical (unpaired) electrons. The van der Waals surface area contributed by atoms with Gasteiger partial charge in [0.25, 0.3) is 0 Å². The van der Waals surface area contributed by atoms with Gasteiger partial charge in [0.15, 0.2) is 0 Å². The molecule has 0 fully saturated rings. The molecule has 112 valence electrons. The predicted octanol–water partition coefficient (Wildman–Crippen LogP) is 5.32. The predicted molar refractivity (Wildman–Crippen MR) is 89.8 cm³/mol. The second-order valence-corrected chi connectivity index (χ2v) is 7.56. The Morgan fingerprint density at radius 1 is 1.24 bits per heavy atom. The van der Waals surface area contributed by atoms with Crippen LogP contribution in [0.25, 0.3) is 0 Å². The number of hydrogen-bond acceptors (Lipinski definition) is 3. The second-order valence-electron chi connectivity index (χ2n) is 5.46. The van der Waals surface area contributed by atoms with Crippen molar-refractivity contribution in [2.24, 2.45) is 0 Å². The Kier molecular flexibility index (Phi) is 4.46. The average molecular weight is 342 g/mol. The van der Waals surface area contributed by atoms with Gasteiger partial charge < -0.3 is 9.64 Å². The molecule has 5 heteroatoms. The van der Waals surface area contributed by atoms with Gasteiger partial charge in [-0.05, 0) is 37.7 Å². The van der Waals surface area contributed by atoms with Crippen LogP contribution in [0.3, 0.4) is 0 Å². The first kappa shape index (κ1) is 15.2. The molecule has 0 saturated heterocycles. The molecular weight excluding hydrogens is 325 g/mol. The molecule has 0 aliphatic carbocycles. The second kappa shape index (κ2) is 6.17. The molecule has 0 bridgehead atoms. The minimum Gasteiger partial charge on any atom is -0.485 e. The summed E-state index contributed by atoms with van der Waals surface area (Å²) in [7, 11) is 2.15. The molecule has 1 aliphatic rings. The lowest BCUT2D eigenvalue weighted by molar-refractivity contribution is 0.185. The molecule has 1 aromatic heterocycles. The van der Waals surface area contributed by atoms with Crippen LogP contribution in [0.15, 0.2) is 24.3 Å². The average Bonchev–Trinajstić information content (AvgIpc) is 2.72. The molecule has 1 unspecified atom stereocenters. The highest BCUT2D eigenvalue weighted by Crippen LogP contribution is 2.37. The third kappa shape index (κ3) is 3.37. The number of halogens is 2. The molecular formula is C16H17Cl2NOS. The highest BCUT2D eigenvalue weighted by Gasteiger charge is 2.24. The third-order valence-corrected chi connectivity index (χ3v) is 5.56. The fourth-order valence-electron chi connectivity index (χ4n) is 2.65. The van der Waals surface area contributed by atoms with Gasteiger partial charge in [0.2, 0.25) is 0 Å². The maximum Gasteiger partial charge on any atom is 0.134 e. The topological polar surface area (TPSA) is 12.5 Å². The van der Waals surface area contributed by atoms with Crippen molar-refractivity contribution in [3.63, 3.8) is 0 Å². The summed E-state index contributed by atoms with van der Waals surface area (Å²) in [6.07, 6.45) is 1.06. The minimum absolute atomic E-state index is 0.0842. The zero-order chi connectivity index (χ0) is 15.0. The summed E-state index contributed by atoms with van der Waals surface area (Å²) in [5.41, 5.74) is 1.38. The van der Waals surface area contributed by atoms with Gasteiger partial charge in [-0.2, -0.15) is 0 Å². The van der Waals surface area contributed by atoms with E-state index >= 15 is 0 Å². The normalized spacial score (nSPS) is 19.1. The van der Waals surface area contributed by atoms with Crippen molar-refractivity contribution in [3.05, 3.63) is 49.6 Å². The van der Waals surface area contributed by atoms with Gasteiger partial charge in [0, 0.05) is 35.3 Å². The van der Waals surface area contributed by atoms with E-state index in [-0.39, 0.29) is 6.10 Å². The first-order chi connectivity index (χ1) is 10.0. The van der Waals surface area contributed by atoms with Crippen molar-refractivity contribution in [1.82, 2.24) is 4.90 Å². The first-order valence-electron chi connectivity index (χ1n) is 6.92. The highest BCUT2D eigenvalue weighted by atomic mass is 35.5. The molecule has 0 N–H and O–H groups in total. The van der Waals surface area contributed by atoms with E-state index in [0.29, 0.717) is 10.0 Å². The Bertz CT molecular complexity index is 656.